The summed E-state index contributed by atoms with van der Waals surface area (Å²) in [6.45, 7) is 5.12. The van der Waals surface area contributed by atoms with Crippen LogP contribution in [0, 0.1) is 17.8 Å². The van der Waals surface area contributed by atoms with Gasteiger partial charge < -0.3 is 4.90 Å². The Hall–Kier alpha value is -2.68. The minimum atomic E-state index is -0.121. The number of fused-ring (bicyclic) bond motifs is 1. The molecule has 1 amide bonds. The smallest absolute Gasteiger partial charge is 0.298 e. The van der Waals surface area contributed by atoms with E-state index in [0.717, 1.165) is 22.5 Å². The molecular formula is C17H19N5O. The minimum Gasteiger partial charge on any atom is -0.327 e. The predicted octanol–water partition coefficient (Wildman–Crippen LogP) is 1.42. The fraction of sp³-hybridized carbons (Fsp3) is 0.412. The Morgan fingerprint density at radius 2 is 2.17 bits per heavy atom. The topological polar surface area (TPSA) is 63.9 Å². The highest BCUT2D eigenvalue weighted by Gasteiger charge is 2.21. The van der Waals surface area contributed by atoms with Crippen LogP contribution < -0.4 is 0 Å². The summed E-state index contributed by atoms with van der Waals surface area (Å²) in [6, 6.07) is 1.99. The third-order valence-electron chi connectivity index (χ3n) is 3.70. The highest BCUT2D eigenvalue weighted by Crippen LogP contribution is 2.22. The molecule has 1 aliphatic heterocycles. The van der Waals surface area contributed by atoms with E-state index in [1.807, 2.05) is 33.2 Å². The van der Waals surface area contributed by atoms with E-state index >= 15 is 0 Å². The van der Waals surface area contributed by atoms with Crippen LogP contribution in [-0.4, -0.2) is 37.3 Å². The summed E-state index contributed by atoms with van der Waals surface area (Å²) in [5.41, 5.74) is 3.69. The molecule has 0 N–H and O–H groups in total. The molecule has 2 aromatic rings. The van der Waals surface area contributed by atoms with Gasteiger partial charge in [-0.25, -0.2) is 0 Å². The van der Waals surface area contributed by atoms with E-state index in [4.69, 9.17) is 0 Å². The van der Waals surface area contributed by atoms with Gasteiger partial charge in [-0.3, -0.25) is 9.48 Å². The molecule has 1 aliphatic rings. The van der Waals surface area contributed by atoms with Crippen molar-refractivity contribution in [3.8, 4) is 23.1 Å². The summed E-state index contributed by atoms with van der Waals surface area (Å²) < 4.78 is 1.73. The first-order valence-electron chi connectivity index (χ1n) is 7.68. The summed E-state index contributed by atoms with van der Waals surface area (Å²) >= 11 is 0. The molecule has 2 aromatic heterocycles. The molecule has 3 heterocycles. The van der Waals surface area contributed by atoms with Crippen molar-refractivity contribution in [1.82, 2.24) is 24.9 Å². The Balaban J connectivity index is 1.82. The molecule has 6 nitrogen and oxygen atoms in total. The lowest BCUT2D eigenvalue weighted by Gasteiger charge is -2.26. The first kappa shape index (κ1) is 15.2. The van der Waals surface area contributed by atoms with Crippen LogP contribution in [0.3, 0.4) is 0 Å². The molecule has 6 heteroatoms. The fourth-order valence-corrected chi connectivity index (χ4v) is 2.48. The van der Waals surface area contributed by atoms with Crippen molar-refractivity contribution in [3.63, 3.8) is 0 Å². The van der Waals surface area contributed by atoms with Crippen molar-refractivity contribution in [2.45, 2.75) is 26.8 Å². The molecule has 0 saturated heterocycles. The molecule has 0 aliphatic carbocycles. The number of carbonyl (C=O) groups excluding carboxylic acids is 1. The molecule has 0 bridgehead atoms. The highest BCUT2D eigenvalue weighted by molar-refractivity contribution is 5.93. The zero-order valence-electron chi connectivity index (χ0n) is 13.6. The van der Waals surface area contributed by atoms with Gasteiger partial charge in [0.2, 0.25) is 0 Å². The molecule has 0 radical (unpaired) electrons. The Labute approximate surface area is 135 Å². The third-order valence-corrected chi connectivity index (χ3v) is 3.70. The second-order valence-electron chi connectivity index (χ2n) is 6.00. The standard InChI is InChI=1S/C17H19N5O/c1-12(2)4-5-17(23)22-7-6-15-13(11-22)8-16(20-19-15)14-9-18-21(3)10-14/h8-10,12H,6-7,11H2,1-3H3. The van der Waals surface area contributed by atoms with Gasteiger partial charge in [-0.15, -0.1) is 0 Å². The van der Waals surface area contributed by atoms with Gasteiger partial charge >= 0.3 is 0 Å². The van der Waals surface area contributed by atoms with Gasteiger partial charge in [-0.05, 0) is 17.6 Å². The van der Waals surface area contributed by atoms with Crippen LogP contribution in [-0.2, 0) is 24.8 Å². The molecule has 0 saturated carbocycles. The van der Waals surface area contributed by atoms with Crippen molar-refractivity contribution in [1.29, 1.82) is 0 Å². The number of aryl methyl sites for hydroxylation is 1. The zero-order valence-corrected chi connectivity index (χ0v) is 13.6. The van der Waals surface area contributed by atoms with Crippen molar-refractivity contribution in [2.75, 3.05) is 6.54 Å². The van der Waals surface area contributed by atoms with Crippen molar-refractivity contribution < 1.29 is 4.79 Å². The molecule has 3 rings (SSSR count). The maximum absolute atomic E-state index is 12.2. The minimum absolute atomic E-state index is 0.121. The van der Waals surface area contributed by atoms with Crippen molar-refractivity contribution in [3.05, 3.63) is 29.7 Å². The molecular weight excluding hydrogens is 290 g/mol. The number of rotatable bonds is 1. The van der Waals surface area contributed by atoms with E-state index in [1.54, 1.807) is 15.8 Å². The highest BCUT2D eigenvalue weighted by atomic mass is 16.2. The number of hydrogen-bond acceptors (Lipinski definition) is 4. The number of hydrogen-bond donors (Lipinski definition) is 0. The van der Waals surface area contributed by atoms with E-state index in [1.165, 1.54) is 0 Å². The van der Waals surface area contributed by atoms with E-state index in [9.17, 15) is 4.79 Å². The van der Waals surface area contributed by atoms with Crippen molar-refractivity contribution in [2.24, 2.45) is 13.0 Å². The second kappa shape index (κ2) is 6.21. The third kappa shape index (κ3) is 3.39. The monoisotopic (exact) mass is 309 g/mol. The average molecular weight is 309 g/mol. The molecule has 0 fully saturated rings. The summed E-state index contributed by atoms with van der Waals surface area (Å²) in [4.78, 5) is 13.9. The van der Waals surface area contributed by atoms with Gasteiger partial charge in [0.1, 0.15) is 0 Å². The van der Waals surface area contributed by atoms with Gasteiger partial charge in [-0.1, -0.05) is 19.8 Å². The van der Waals surface area contributed by atoms with E-state index in [2.05, 4.69) is 27.1 Å². The first-order valence-corrected chi connectivity index (χ1v) is 7.68. The molecule has 23 heavy (non-hydrogen) atoms. The van der Waals surface area contributed by atoms with Gasteiger partial charge in [0.25, 0.3) is 5.91 Å². The second-order valence-corrected chi connectivity index (χ2v) is 6.00. The average Bonchev–Trinajstić information content (AvgIpc) is 2.98. The van der Waals surface area contributed by atoms with Gasteiger partial charge in [0.15, 0.2) is 0 Å². The largest absolute Gasteiger partial charge is 0.327 e. The molecule has 118 valence electrons. The lowest BCUT2D eigenvalue weighted by atomic mass is 10.0. The maximum atomic E-state index is 12.2. The van der Waals surface area contributed by atoms with Crippen LogP contribution in [0.4, 0.5) is 0 Å². The van der Waals surface area contributed by atoms with Crippen LogP contribution in [0.2, 0.25) is 0 Å². The lowest BCUT2D eigenvalue weighted by molar-refractivity contribution is -0.126. The Bertz CT molecular complexity index is 797. The summed E-state index contributed by atoms with van der Waals surface area (Å²) in [5, 5.41) is 12.7. The number of aromatic nitrogens is 4. The van der Waals surface area contributed by atoms with Crippen LogP contribution in [0.15, 0.2) is 18.5 Å². The van der Waals surface area contributed by atoms with Crippen LogP contribution in [0.1, 0.15) is 25.1 Å². The molecule has 0 unspecified atom stereocenters. The zero-order chi connectivity index (χ0) is 16.4. The van der Waals surface area contributed by atoms with Gasteiger partial charge in [0, 0.05) is 44.2 Å². The van der Waals surface area contributed by atoms with E-state index < -0.39 is 0 Å². The van der Waals surface area contributed by atoms with Gasteiger partial charge in [0.05, 0.1) is 17.6 Å². The summed E-state index contributed by atoms with van der Waals surface area (Å²) in [5.74, 6) is 5.72. The predicted molar refractivity (Wildman–Crippen MR) is 86.0 cm³/mol. The van der Waals surface area contributed by atoms with E-state index in [-0.39, 0.29) is 11.8 Å². The number of nitrogens with zero attached hydrogens (tertiary/aromatic N) is 5. The molecule has 0 aromatic carbocycles. The summed E-state index contributed by atoms with van der Waals surface area (Å²) in [7, 11) is 1.86. The Morgan fingerprint density at radius 1 is 1.35 bits per heavy atom. The number of carbonyl (C=O) groups is 1. The van der Waals surface area contributed by atoms with Crippen LogP contribution in [0.5, 0.6) is 0 Å². The van der Waals surface area contributed by atoms with E-state index in [0.29, 0.717) is 19.5 Å². The van der Waals surface area contributed by atoms with Crippen molar-refractivity contribution >= 4 is 5.91 Å². The number of amides is 1. The molecule has 0 spiro atoms. The van der Waals surface area contributed by atoms with Crippen LogP contribution in [0.25, 0.3) is 11.3 Å². The lowest BCUT2D eigenvalue weighted by Crippen LogP contribution is -2.35. The summed E-state index contributed by atoms with van der Waals surface area (Å²) in [6.07, 6.45) is 4.37. The quantitative estimate of drug-likeness (QED) is 0.747. The molecule has 0 atom stereocenters. The maximum Gasteiger partial charge on any atom is 0.298 e. The van der Waals surface area contributed by atoms with Gasteiger partial charge in [-0.2, -0.15) is 15.3 Å². The Morgan fingerprint density at radius 3 is 2.87 bits per heavy atom. The fourth-order valence-electron chi connectivity index (χ4n) is 2.48. The SMILES string of the molecule is CC(C)C#CC(=O)N1CCc2nnc(-c3cnn(C)c3)cc2C1. The normalized spacial score (nSPS) is 13.5. The first-order chi connectivity index (χ1) is 11.0. The van der Waals surface area contributed by atoms with Crippen LogP contribution >= 0.6 is 0 Å². The Kier molecular flexibility index (Phi) is 4.11.